The molecular weight excluding hydrogens is 262 g/mol. The van der Waals surface area contributed by atoms with Crippen LogP contribution in [0.15, 0.2) is 18.2 Å². The van der Waals surface area contributed by atoms with Gasteiger partial charge >= 0.3 is 5.97 Å². The first-order valence-electron chi connectivity index (χ1n) is 5.09. The Morgan fingerprint density at radius 2 is 2.22 bits per heavy atom. The molecule has 0 heterocycles. The Hall–Kier alpha value is -1.66. The second-order valence-corrected chi connectivity index (χ2v) is 4.00. The van der Waals surface area contributed by atoms with Crippen molar-refractivity contribution in [1.29, 1.82) is 0 Å². The molecule has 0 bridgehead atoms. The van der Waals surface area contributed by atoms with Crippen molar-refractivity contribution in [3.63, 3.8) is 0 Å². The van der Waals surface area contributed by atoms with Gasteiger partial charge in [-0.2, -0.15) is 0 Å². The number of methoxy groups -OCH3 is 1. The van der Waals surface area contributed by atoms with Gasteiger partial charge in [-0.1, -0.05) is 11.6 Å². The maximum absolute atomic E-state index is 11.7. The van der Waals surface area contributed by atoms with Gasteiger partial charge in [-0.25, -0.2) is 4.79 Å². The van der Waals surface area contributed by atoms with Gasteiger partial charge in [0, 0.05) is 13.2 Å². The zero-order valence-corrected chi connectivity index (χ0v) is 10.6. The molecule has 98 valence electrons. The Kier molecular flexibility index (Phi) is 5.06. The fourth-order valence-corrected chi connectivity index (χ4v) is 1.49. The normalized spacial score (nSPS) is 11.9. The van der Waals surface area contributed by atoms with Crippen molar-refractivity contribution < 1.29 is 19.2 Å². The maximum Gasteiger partial charge on any atom is 0.338 e. The average Bonchev–Trinajstić information content (AvgIpc) is 2.29. The van der Waals surface area contributed by atoms with Gasteiger partial charge < -0.3 is 9.47 Å². The molecule has 0 fully saturated rings. The molecule has 0 spiro atoms. The molecule has 1 atom stereocenters. The van der Waals surface area contributed by atoms with Gasteiger partial charge in [-0.3, -0.25) is 10.1 Å². The molecule has 0 aliphatic carbocycles. The molecule has 0 N–H and O–H groups in total. The number of hydrogen-bond acceptors (Lipinski definition) is 5. The van der Waals surface area contributed by atoms with E-state index in [9.17, 15) is 14.9 Å². The van der Waals surface area contributed by atoms with Gasteiger partial charge in [0.05, 0.1) is 17.1 Å². The van der Waals surface area contributed by atoms with Crippen molar-refractivity contribution in [2.45, 2.75) is 13.0 Å². The molecule has 18 heavy (non-hydrogen) atoms. The quantitative estimate of drug-likeness (QED) is 0.468. The van der Waals surface area contributed by atoms with Crippen LogP contribution in [0.1, 0.15) is 17.3 Å². The van der Waals surface area contributed by atoms with Crippen LogP contribution < -0.4 is 0 Å². The molecule has 6 nitrogen and oxygen atoms in total. The highest BCUT2D eigenvalue weighted by molar-refractivity contribution is 6.32. The van der Waals surface area contributed by atoms with Gasteiger partial charge in [-0.05, 0) is 19.1 Å². The fraction of sp³-hybridized carbons (Fsp3) is 0.364. The lowest BCUT2D eigenvalue weighted by Gasteiger charge is -2.11. The number of halogens is 1. The maximum atomic E-state index is 11.7. The monoisotopic (exact) mass is 273 g/mol. The Morgan fingerprint density at radius 3 is 2.78 bits per heavy atom. The molecule has 1 unspecified atom stereocenters. The lowest BCUT2D eigenvalue weighted by molar-refractivity contribution is -0.384. The summed E-state index contributed by atoms with van der Waals surface area (Å²) in [6.45, 7) is 1.91. The van der Waals surface area contributed by atoms with E-state index in [2.05, 4.69) is 0 Å². The lowest BCUT2D eigenvalue weighted by Crippen LogP contribution is -2.19. The average molecular weight is 274 g/mol. The Labute approximate surface area is 109 Å². The Balaban J connectivity index is 2.87. The first-order valence-corrected chi connectivity index (χ1v) is 5.47. The zero-order chi connectivity index (χ0) is 13.7. The molecule has 1 aromatic rings. The summed E-state index contributed by atoms with van der Waals surface area (Å²) in [6.07, 6.45) is -0.433. The summed E-state index contributed by atoms with van der Waals surface area (Å²) >= 11 is 5.64. The molecule has 0 radical (unpaired) electrons. The summed E-state index contributed by atoms with van der Waals surface area (Å²) in [6, 6.07) is 3.75. The topological polar surface area (TPSA) is 78.7 Å². The minimum absolute atomic E-state index is 0.0264. The zero-order valence-electron chi connectivity index (χ0n) is 9.88. The van der Waals surface area contributed by atoms with Crippen molar-refractivity contribution in [2.24, 2.45) is 0 Å². The predicted molar refractivity (Wildman–Crippen MR) is 64.9 cm³/mol. The van der Waals surface area contributed by atoms with Crippen molar-refractivity contribution in [2.75, 3.05) is 13.7 Å². The molecule has 1 rings (SSSR count). The largest absolute Gasteiger partial charge is 0.457 e. The molecule has 0 amide bonds. The van der Waals surface area contributed by atoms with Crippen molar-refractivity contribution in [3.8, 4) is 0 Å². The van der Waals surface area contributed by atoms with Crippen LogP contribution in [0.4, 0.5) is 5.69 Å². The van der Waals surface area contributed by atoms with Crippen LogP contribution in [-0.2, 0) is 9.47 Å². The van der Waals surface area contributed by atoms with Crippen molar-refractivity contribution in [1.82, 2.24) is 0 Å². The summed E-state index contributed by atoms with van der Waals surface area (Å²) in [5.74, 6) is -0.653. The molecule has 0 aliphatic heterocycles. The summed E-state index contributed by atoms with van der Waals surface area (Å²) in [5.41, 5.74) is -0.250. The third-order valence-corrected chi connectivity index (χ3v) is 2.41. The van der Waals surface area contributed by atoms with Crippen molar-refractivity contribution in [3.05, 3.63) is 38.9 Å². The molecule has 0 aromatic heterocycles. The van der Waals surface area contributed by atoms with E-state index >= 15 is 0 Å². The highest BCUT2D eigenvalue weighted by Gasteiger charge is 2.18. The second kappa shape index (κ2) is 6.32. The first-order chi connectivity index (χ1) is 8.45. The number of rotatable bonds is 5. The van der Waals surface area contributed by atoms with Crippen LogP contribution in [0, 0.1) is 10.1 Å². The highest BCUT2D eigenvalue weighted by Crippen LogP contribution is 2.25. The standard InChI is InChI=1S/C11H12ClNO5/c1-7(6-17-2)18-11(14)8-3-4-9(12)10(5-8)13(15)16/h3-5,7H,6H2,1-2H3. The number of esters is 1. The summed E-state index contributed by atoms with van der Waals surface area (Å²) in [7, 11) is 1.48. The summed E-state index contributed by atoms with van der Waals surface area (Å²) in [4.78, 5) is 21.7. The number of benzene rings is 1. The van der Waals surface area contributed by atoms with E-state index in [1.807, 2.05) is 0 Å². The second-order valence-electron chi connectivity index (χ2n) is 3.59. The van der Waals surface area contributed by atoms with Crippen LogP contribution in [0.25, 0.3) is 0 Å². The van der Waals surface area contributed by atoms with E-state index in [0.29, 0.717) is 0 Å². The lowest BCUT2D eigenvalue weighted by atomic mass is 10.2. The van der Waals surface area contributed by atoms with Gasteiger partial charge in [0.1, 0.15) is 11.1 Å². The number of hydrogen-bond donors (Lipinski definition) is 0. The molecule has 1 aromatic carbocycles. The number of nitro benzene ring substituents is 1. The summed E-state index contributed by atoms with van der Waals surface area (Å²) < 4.78 is 9.84. The third kappa shape index (κ3) is 3.68. The van der Waals surface area contributed by atoms with E-state index in [1.165, 1.54) is 19.2 Å². The fourth-order valence-electron chi connectivity index (χ4n) is 1.30. The van der Waals surface area contributed by atoms with Crippen LogP contribution in [0.2, 0.25) is 5.02 Å². The van der Waals surface area contributed by atoms with E-state index in [-0.39, 0.29) is 22.9 Å². The van der Waals surface area contributed by atoms with Gasteiger partial charge in [0.15, 0.2) is 0 Å². The van der Waals surface area contributed by atoms with E-state index in [0.717, 1.165) is 6.07 Å². The van der Waals surface area contributed by atoms with E-state index < -0.39 is 17.0 Å². The smallest absolute Gasteiger partial charge is 0.338 e. The number of nitrogens with zero attached hydrogens (tertiary/aromatic N) is 1. The van der Waals surface area contributed by atoms with Crippen LogP contribution in [-0.4, -0.2) is 30.7 Å². The molecule has 7 heteroatoms. The van der Waals surface area contributed by atoms with Gasteiger partial charge in [-0.15, -0.1) is 0 Å². The number of ether oxygens (including phenoxy) is 2. The minimum Gasteiger partial charge on any atom is -0.457 e. The molecule has 0 saturated carbocycles. The number of carbonyl (C=O) groups excluding carboxylic acids is 1. The van der Waals surface area contributed by atoms with E-state index in [1.54, 1.807) is 6.92 Å². The third-order valence-electron chi connectivity index (χ3n) is 2.09. The first kappa shape index (κ1) is 14.4. The van der Waals surface area contributed by atoms with Crippen molar-refractivity contribution >= 4 is 23.3 Å². The van der Waals surface area contributed by atoms with Gasteiger partial charge in [0.25, 0.3) is 5.69 Å². The summed E-state index contributed by atoms with van der Waals surface area (Å²) in [5, 5.41) is 10.6. The van der Waals surface area contributed by atoms with Crippen LogP contribution in [0.3, 0.4) is 0 Å². The SMILES string of the molecule is COCC(C)OC(=O)c1ccc(Cl)c([N+](=O)[O-])c1. The Bertz CT molecular complexity index is 463. The van der Waals surface area contributed by atoms with Crippen LogP contribution >= 0.6 is 11.6 Å². The van der Waals surface area contributed by atoms with Gasteiger partial charge in [0.2, 0.25) is 0 Å². The number of carbonyl (C=O) groups is 1. The predicted octanol–water partition coefficient (Wildman–Crippen LogP) is 2.44. The molecular formula is C11H12ClNO5. The number of nitro groups is 1. The highest BCUT2D eigenvalue weighted by atomic mass is 35.5. The minimum atomic E-state index is -0.655. The molecule has 0 saturated heterocycles. The van der Waals surface area contributed by atoms with Crippen LogP contribution in [0.5, 0.6) is 0 Å². The van der Waals surface area contributed by atoms with E-state index in [4.69, 9.17) is 21.1 Å². The Morgan fingerprint density at radius 1 is 1.56 bits per heavy atom. The molecule has 0 aliphatic rings.